The quantitative estimate of drug-likeness (QED) is 0.903. The molecule has 4 nitrogen and oxygen atoms in total. The van der Waals surface area contributed by atoms with Crippen LogP contribution in [0.2, 0.25) is 0 Å². The zero-order valence-electron chi connectivity index (χ0n) is 10.4. The van der Waals surface area contributed by atoms with E-state index in [1.807, 2.05) is 13.2 Å². The van der Waals surface area contributed by atoms with Gasteiger partial charge in [-0.25, -0.2) is 4.39 Å². The molecule has 0 saturated heterocycles. The molecule has 5 heteroatoms. The fourth-order valence-electron chi connectivity index (χ4n) is 1.68. The average molecular weight is 249 g/mol. The lowest BCUT2D eigenvalue weighted by Crippen LogP contribution is -2.07. The summed E-state index contributed by atoms with van der Waals surface area (Å²) in [5.41, 5.74) is 7.07. The Balaban J connectivity index is 2.04. The van der Waals surface area contributed by atoms with Crippen LogP contribution in [0.1, 0.15) is 24.1 Å². The molecular formula is C13H16FN3O. The highest BCUT2D eigenvalue weighted by molar-refractivity contribution is 5.30. The molecule has 2 rings (SSSR count). The summed E-state index contributed by atoms with van der Waals surface area (Å²) in [6.45, 7) is 2.11. The maximum atomic E-state index is 13.7. The number of hydrogen-bond acceptors (Lipinski definition) is 3. The summed E-state index contributed by atoms with van der Waals surface area (Å²) < 4.78 is 20.8. The average Bonchev–Trinajstić information content (AvgIpc) is 2.72. The lowest BCUT2D eigenvalue weighted by atomic mass is 10.1. The second-order valence-corrected chi connectivity index (χ2v) is 4.28. The van der Waals surface area contributed by atoms with Crippen molar-refractivity contribution in [3.8, 4) is 5.75 Å². The molecule has 0 aliphatic rings. The Morgan fingerprint density at radius 3 is 2.83 bits per heavy atom. The van der Waals surface area contributed by atoms with Crippen molar-refractivity contribution in [1.29, 1.82) is 0 Å². The van der Waals surface area contributed by atoms with E-state index >= 15 is 0 Å². The number of ether oxygens (including phenoxy) is 1. The summed E-state index contributed by atoms with van der Waals surface area (Å²) in [5, 5.41) is 4.03. The first-order chi connectivity index (χ1) is 8.56. The summed E-state index contributed by atoms with van der Waals surface area (Å²) in [6, 6.07) is 4.41. The molecule has 96 valence electrons. The van der Waals surface area contributed by atoms with Crippen LogP contribution in [0.5, 0.6) is 5.75 Å². The van der Waals surface area contributed by atoms with Gasteiger partial charge in [-0.15, -0.1) is 0 Å². The summed E-state index contributed by atoms with van der Waals surface area (Å²) in [4.78, 5) is 0. The number of aromatic nitrogens is 2. The smallest absolute Gasteiger partial charge is 0.131 e. The van der Waals surface area contributed by atoms with Crippen LogP contribution in [0, 0.1) is 5.82 Å². The summed E-state index contributed by atoms with van der Waals surface area (Å²) in [6.07, 6.45) is 3.57. The molecule has 1 heterocycles. The number of nitrogens with zero attached hydrogens (tertiary/aromatic N) is 2. The minimum absolute atomic E-state index is 0.322. The summed E-state index contributed by atoms with van der Waals surface area (Å²) >= 11 is 0. The van der Waals surface area contributed by atoms with E-state index in [2.05, 4.69) is 5.10 Å². The maximum absolute atomic E-state index is 13.7. The first-order valence-electron chi connectivity index (χ1n) is 5.71. The van der Waals surface area contributed by atoms with E-state index in [0.29, 0.717) is 17.9 Å². The number of benzene rings is 1. The van der Waals surface area contributed by atoms with Crippen molar-refractivity contribution in [1.82, 2.24) is 9.78 Å². The fraction of sp³-hybridized carbons (Fsp3) is 0.308. The van der Waals surface area contributed by atoms with Crippen LogP contribution in [-0.2, 0) is 13.7 Å². The molecule has 1 aromatic carbocycles. The predicted molar refractivity (Wildman–Crippen MR) is 66.5 cm³/mol. The first kappa shape index (κ1) is 12.6. The van der Waals surface area contributed by atoms with Gasteiger partial charge in [0, 0.05) is 36.5 Å². The van der Waals surface area contributed by atoms with Crippen LogP contribution in [0.25, 0.3) is 0 Å². The zero-order valence-corrected chi connectivity index (χ0v) is 10.4. The van der Waals surface area contributed by atoms with Gasteiger partial charge in [0.15, 0.2) is 0 Å². The normalized spacial score (nSPS) is 12.4. The van der Waals surface area contributed by atoms with Gasteiger partial charge in [-0.1, -0.05) is 6.07 Å². The van der Waals surface area contributed by atoms with Gasteiger partial charge in [0.2, 0.25) is 0 Å². The van der Waals surface area contributed by atoms with Crippen molar-refractivity contribution in [3.05, 3.63) is 47.5 Å². The lowest BCUT2D eigenvalue weighted by Gasteiger charge is -2.09. The number of aryl methyl sites for hydroxylation is 1. The topological polar surface area (TPSA) is 53.1 Å². The summed E-state index contributed by atoms with van der Waals surface area (Å²) in [5.74, 6) is 0.148. The van der Waals surface area contributed by atoms with Gasteiger partial charge in [-0.2, -0.15) is 5.10 Å². The van der Waals surface area contributed by atoms with E-state index in [0.717, 1.165) is 5.56 Å². The predicted octanol–water partition coefficient (Wildman–Crippen LogP) is 2.16. The van der Waals surface area contributed by atoms with Gasteiger partial charge >= 0.3 is 0 Å². The Kier molecular flexibility index (Phi) is 3.62. The van der Waals surface area contributed by atoms with Gasteiger partial charge in [-0.3, -0.25) is 4.68 Å². The number of halogens is 1. The Bertz CT molecular complexity index is 537. The molecule has 0 saturated carbocycles. The van der Waals surface area contributed by atoms with Crippen molar-refractivity contribution in [3.63, 3.8) is 0 Å². The Morgan fingerprint density at radius 1 is 1.50 bits per heavy atom. The molecular weight excluding hydrogens is 233 g/mol. The highest BCUT2D eigenvalue weighted by Crippen LogP contribution is 2.21. The van der Waals surface area contributed by atoms with Gasteiger partial charge in [0.05, 0.1) is 6.20 Å². The Morgan fingerprint density at radius 2 is 2.28 bits per heavy atom. The van der Waals surface area contributed by atoms with Gasteiger partial charge in [0.25, 0.3) is 0 Å². The van der Waals surface area contributed by atoms with Crippen LogP contribution in [0.3, 0.4) is 0 Å². The molecule has 0 amide bonds. The molecule has 2 N–H and O–H groups in total. The molecule has 1 atom stereocenters. The molecule has 1 aromatic heterocycles. The summed E-state index contributed by atoms with van der Waals surface area (Å²) in [7, 11) is 1.83. The zero-order chi connectivity index (χ0) is 13.1. The molecule has 2 aromatic rings. The first-order valence-corrected chi connectivity index (χ1v) is 5.71. The standard InChI is InChI=1S/C13H16FN3O/c1-9(15)12-4-3-11(5-13(12)14)18-8-10-6-16-17(2)7-10/h3-7,9H,8,15H2,1-2H3/t9-/m0/s1. The van der Waals surface area contributed by atoms with Crippen molar-refractivity contribution < 1.29 is 9.13 Å². The van der Waals surface area contributed by atoms with Crippen LogP contribution in [0.4, 0.5) is 4.39 Å². The van der Waals surface area contributed by atoms with Crippen molar-refractivity contribution in [2.24, 2.45) is 12.8 Å². The minimum atomic E-state index is -0.339. The second kappa shape index (κ2) is 5.18. The van der Waals surface area contributed by atoms with Gasteiger partial charge < -0.3 is 10.5 Å². The van der Waals surface area contributed by atoms with E-state index in [-0.39, 0.29) is 11.9 Å². The highest BCUT2D eigenvalue weighted by Gasteiger charge is 2.08. The van der Waals surface area contributed by atoms with E-state index in [9.17, 15) is 4.39 Å². The Labute approximate surface area is 105 Å². The van der Waals surface area contributed by atoms with Crippen molar-refractivity contribution in [2.45, 2.75) is 19.6 Å². The van der Waals surface area contributed by atoms with Crippen LogP contribution in [0.15, 0.2) is 30.6 Å². The molecule has 0 unspecified atom stereocenters. The van der Waals surface area contributed by atoms with E-state index in [1.54, 1.807) is 29.9 Å². The molecule has 18 heavy (non-hydrogen) atoms. The molecule has 0 bridgehead atoms. The third-order valence-electron chi connectivity index (χ3n) is 2.63. The van der Waals surface area contributed by atoms with Gasteiger partial charge in [0.1, 0.15) is 18.2 Å². The molecule has 0 spiro atoms. The second-order valence-electron chi connectivity index (χ2n) is 4.28. The molecule has 0 aliphatic carbocycles. The third kappa shape index (κ3) is 2.87. The largest absolute Gasteiger partial charge is 0.489 e. The van der Waals surface area contributed by atoms with Gasteiger partial charge in [-0.05, 0) is 13.0 Å². The number of rotatable bonds is 4. The van der Waals surface area contributed by atoms with Crippen LogP contribution < -0.4 is 10.5 Å². The SMILES string of the molecule is C[C@H](N)c1ccc(OCc2cnn(C)c2)cc1F. The van der Waals surface area contributed by atoms with Crippen molar-refractivity contribution in [2.75, 3.05) is 0 Å². The third-order valence-corrected chi connectivity index (χ3v) is 2.63. The van der Waals surface area contributed by atoms with E-state index in [4.69, 9.17) is 10.5 Å². The van der Waals surface area contributed by atoms with Crippen LogP contribution >= 0.6 is 0 Å². The minimum Gasteiger partial charge on any atom is -0.489 e. The molecule has 0 radical (unpaired) electrons. The Hall–Kier alpha value is -1.88. The van der Waals surface area contributed by atoms with E-state index in [1.165, 1.54) is 6.07 Å². The monoisotopic (exact) mass is 249 g/mol. The highest BCUT2D eigenvalue weighted by atomic mass is 19.1. The van der Waals surface area contributed by atoms with Crippen LogP contribution in [-0.4, -0.2) is 9.78 Å². The number of hydrogen-bond donors (Lipinski definition) is 1. The molecule has 0 aliphatic heterocycles. The number of nitrogens with two attached hydrogens (primary N) is 1. The maximum Gasteiger partial charge on any atom is 0.131 e. The van der Waals surface area contributed by atoms with E-state index < -0.39 is 0 Å². The fourth-order valence-corrected chi connectivity index (χ4v) is 1.68. The lowest BCUT2D eigenvalue weighted by molar-refractivity contribution is 0.304. The van der Waals surface area contributed by atoms with Crippen molar-refractivity contribution >= 4 is 0 Å². The molecule has 0 fully saturated rings.